The van der Waals surface area contributed by atoms with E-state index < -0.39 is 22.7 Å². The van der Waals surface area contributed by atoms with Crippen molar-refractivity contribution in [3.05, 3.63) is 29.8 Å². The van der Waals surface area contributed by atoms with E-state index in [4.69, 9.17) is 9.47 Å². The summed E-state index contributed by atoms with van der Waals surface area (Å²) in [5, 5.41) is 0. The van der Waals surface area contributed by atoms with Crippen LogP contribution in [0.5, 0.6) is 0 Å². The van der Waals surface area contributed by atoms with E-state index in [1.54, 1.807) is 6.92 Å². The zero-order valence-corrected chi connectivity index (χ0v) is 14.7. The number of Topliss-reactive ketones (excluding diaryl/α,β-unsaturated/α-hetero) is 1. The van der Waals surface area contributed by atoms with Gasteiger partial charge in [0.25, 0.3) is 0 Å². The predicted octanol–water partition coefficient (Wildman–Crippen LogP) is 2.47. The van der Waals surface area contributed by atoms with Gasteiger partial charge in [-0.05, 0) is 44.7 Å². The van der Waals surface area contributed by atoms with Crippen LogP contribution in [0.1, 0.15) is 38.7 Å². The molecule has 2 unspecified atom stereocenters. The highest BCUT2D eigenvalue weighted by molar-refractivity contribution is 6.13. The predicted molar refractivity (Wildman–Crippen MR) is 91.1 cm³/mol. The van der Waals surface area contributed by atoms with Gasteiger partial charge in [-0.3, -0.25) is 4.79 Å². The van der Waals surface area contributed by atoms with E-state index in [2.05, 4.69) is 23.1 Å². The largest absolute Gasteiger partial charge is 0.464 e. The minimum Gasteiger partial charge on any atom is -0.464 e. The molecular weight excluding hydrogens is 318 g/mol. The molecule has 5 rings (SSSR count). The van der Waals surface area contributed by atoms with Gasteiger partial charge in [0, 0.05) is 24.6 Å². The highest BCUT2D eigenvalue weighted by atomic mass is 16.6. The third-order valence-corrected chi connectivity index (χ3v) is 6.89. The van der Waals surface area contributed by atoms with Gasteiger partial charge in [0.1, 0.15) is 0 Å². The van der Waals surface area contributed by atoms with Crippen molar-refractivity contribution in [2.75, 3.05) is 18.1 Å². The summed E-state index contributed by atoms with van der Waals surface area (Å²) in [7, 11) is 0. The topological polar surface area (TPSA) is 55.8 Å². The fraction of sp³-hybridized carbons (Fsp3) is 0.600. The van der Waals surface area contributed by atoms with Crippen LogP contribution in [-0.2, 0) is 25.5 Å². The Morgan fingerprint density at radius 3 is 3.00 bits per heavy atom. The Hall–Kier alpha value is -1.88. The molecule has 4 aliphatic rings. The van der Waals surface area contributed by atoms with E-state index in [9.17, 15) is 9.59 Å². The molecule has 3 saturated heterocycles. The average molecular weight is 341 g/mol. The summed E-state index contributed by atoms with van der Waals surface area (Å²) in [5.74, 6) is -0.433. The fourth-order valence-electron chi connectivity index (χ4n) is 6.00. The summed E-state index contributed by atoms with van der Waals surface area (Å²) in [6.07, 6.45) is 2.97. The van der Waals surface area contributed by atoms with Crippen molar-refractivity contribution < 1.29 is 19.1 Å². The van der Waals surface area contributed by atoms with Crippen molar-refractivity contribution >= 4 is 17.4 Å². The van der Waals surface area contributed by atoms with E-state index in [0.717, 1.165) is 31.5 Å². The molecular formula is C20H23NO4. The van der Waals surface area contributed by atoms with Crippen molar-refractivity contribution in [1.29, 1.82) is 0 Å². The number of carbonyl (C=O) groups is 2. The van der Waals surface area contributed by atoms with Crippen LogP contribution in [0.4, 0.5) is 5.69 Å². The van der Waals surface area contributed by atoms with Crippen molar-refractivity contribution in [1.82, 2.24) is 0 Å². The third-order valence-electron chi connectivity index (χ3n) is 6.89. The molecule has 132 valence electrons. The first-order chi connectivity index (χ1) is 12.0. The molecule has 5 nitrogen and oxygen atoms in total. The van der Waals surface area contributed by atoms with E-state index in [0.29, 0.717) is 6.42 Å². The Morgan fingerprint density at radius 1 is 1.40 bits per heavy atom. The van der Waals surface area contributed by atoms with Crippen LogP contribution in [0.3, 0.4) is 0 Å². The highest BCUT2D eigenvalue weighted by Crippen LogP contribution is 2.68. The molecule has 0 radical (unpaired) electrons. The number of carbonyl (C=O) groups excluding carboxylic acids is 2. The maximum atomic E-state index is 13.4. The maximum Gasteiger partial charge on any atom is 0.346 e. The molecule has 3 fully saturated rings. The first-order valence-corrected chi connectivity index (χ1v) is 9.27. The Kier molecular flexibility index (Phi) is 2.85. The molecule has 2 bridgehead atoms. The van der Waals surface area contributed by atoms with Gasteiger partial charge in [-0.2, -0.15) is 0 Å². The van der Waals surface area contributed by atoms with Gasteiger partial charge in [-0.25, -0.2) is 4.79 Å². The van der Waals surface area contributed by atoms with Gasteiger partial charge in [0.15, 0.2) is 11.5 Å². The van der Waals surface area contributed by atoms with Crippen molar-refractivity contribution in [3.8, 4) is 0 Å². The van der Waals surface area contributed by atoms with Gasteiger partial charge in [0.05, 0.1) is 12.0 Å². The number of hydrogen-bond acceptors (Lipinski definition) is 5. The lowest BCUT2D eigenvalue weighted by Gasteiger charge is -2.58. The second kappa shape index (κ2) is 4.64. The fourth-order valence-corrected chi connectivity index (χ4v) is 6.00. The summed E-state index contributed by atoms with van der Waals surface area (Å²) in [6, 6.07) is 8.36. The summed E-state index contributed by atoms with van der Waals surface area (Å²) < 4.78 is 11.8. The SMILES string of the molecule is CCOC(=O)[C@@]12CC3Cc4ccccc4N4CCCC(C)(C1=O)[C@@]34O2. The number of hydrogen-bond donors (Lipinski definition) is 0. The molecule has 0 N–H and O–H groups in total. The second-order valence-corrected chi connectivity index (χ2v) is 8.00. The monoisotopic (exact) mass is 341 g/mol. The molecule has 1 spiro atoms. The average Bonchev–Trinajstić information content (AvgIpc) is 3.05. The number of ketones is 1. The van der Waals surface area contributed by atoms with Crippen LogP contribution in [0, 0.1) is 11.3 Å². The molecule has 1 aromatic rings. The Morgan fingerprint density at radius 2 is 2.20 bits per heavy atom. The lowest BCUT2D eigenvalue weighted by Crippen LogP contribution is -2.68. The van der Waals surface area contributed by atoms with Crippen molar-refractivity contribution in [2.24, 2.45) is 11.3 Å². The number of rotatable bonds is 2. The van der Waals surface area contributed by atoms with Crippen molar-refractivity contribution in [3.63, 3.8) is 0 Å². The van der Waals surface area contributed by atoms with Gasteiger partial charge in [0.2, 0.25) is 5.60 Å². The zero-order chi connectivity index (χ0) is 17.4. The van der Waals surface area contributed by atoms with E-state index in [1.807, 2.05) is 13.0 Å². The molecule has 0 amide bonds. The van der Waals surface area contributed by atoms with E-state index in [-0.39, 0.29) is 18.3 Å². The van der Waals surface area contributed by atoms with Gasteiger partial charge in [-0.15, -0.1) is 0 Å². The molecule has 4 atom stereocenters. The lowest BCUT2D eigenvalue weighted by atomic mass is 9.56. The van der Waals surface area contributed by atoms with Crippen LogP contribution in [0.25, 0.3) is 0 Å². The van der Waals surface area contributed by atoms with E-state index in [1.165, 1.54) is 5.56 Å². The second-order valence-electron chi connectivity index (χ2n) is 8.00. The van der Waals surface area contributed by atoms with Gasteiger partial charge in [-0.1, -0.05) is 18.2 Å². The van der Waals surface area contributed by atoms with Crippen LogP contribution in [-0.4, -0.2) is 36.2 Å². The molecule has 0 saturated carbocycles. The minimum absolute atomic E-state index is 0.0706. The van der Waals surface area contributed by atoms with Gasteiger partial charge >= 0.3 is 5.97 Å². The lowest BCUT2D eigenvalue weighted by molar-refractivity contribution is -0.172. The summed E-state index contributed by atoms with van der Waals surface area (Å²) in [6.45, 7) is 4.89. The van der Waals surface area contributed by atoms with Crippen LogP contribution >= 0.6 is 0 Å². The van der Waals surface area contributed by atoms with Crippen LogP contribution < -0.4 is 4.90 Å². The zero-order valence-electron chi connectivity index (χ0n) is 14.7. The van der Waals surface area contributed by atoms with Crippen LogP contribution in [0.2, 0.25) is 0 Å². The third kappa shape index (κ3) is 1.51. The number of ether oxygens (including phenoxy) is 2. The van der Waals surface area contributed by atoms with Crippen molar-refractivity contribution in [2.45, 2.75) is 50.9 Å². The highest BCUT2D eigenvalue weighted by Gasteiger charge is 2.82. The molecule has 5 heteroatoms. The molecule has 25 heavy (non-hydrogen) atoms. The first-order valence-electron chi connectivity index (χ1n) is 9.27. The Bertz CT molecular complexity index is 792. The number of nitrogens with zero attached hydrogens (tertiary/aromatic N) is 1. The minimum atomic E-state index is -1.42. The number of esters is 1. The quantitative estimate of drug-likeness (QED) is 0.611. The smallest absolute Gasteiger partial charge is 0.346 e. The molecule has 0 aromatic heterocycles. The maximum absolute atomic E-state index is 13.4. The standard InChI is InChI=1S/C20H23NO4/c1-3-24-17(23)19-12-14-11-13-7-4-5-8-15(13)21-10-6-9-18(2,16(19)22)20(14,21)25-19/h4-5,7-8,14H,3,6,9-12H2,1-2H3/t14?,18?,19-,20+/m1/s1. The van der Waals surface area contributed by atoms with Crippen LogP contribution in [0.15, 0.2) is 24.3 Å². The molecule has 4 aliphatic heterocycles. The number of piperidine rings is 1. The molecule has 0 aliphatic carbocycles. The number of fused-ring (bicyclic) bond motifs is 3. The molecule has 4 heterocycles. The summed E-state index contributed by atoms with van der Waals surface area (Å²) >= 11 is 0. The van der Waals surface area contributed by atoms with E-state index >= 15 is 0 Å². The summed E-state index contributed by atoms with van der Waals surface area (Å²) in [4.78, 5) is 28.5. The normalized spacial score (nSPS) is 40.6. The Labute approximate surface area is 147 Å². The number of benzene rings is 1. The Balaban J connectivity index is 1.71. The number of para-hydroxylation sites is 1. The number of anilines is 1. The van der Waals surface area contributed by atoms with Gasteiger partial charge < -0.3 is 14.4 Å². The first kappa shape index (κ1) is 15.4. The summed E-state index contributed by atoms with van der Waals surface area (Å²) in [5.41, 5.74) is -0.346. The molecule has 1 aromatic carbocycles.